The molecule has 2 heterocycles. The van der Waals surface area contributed by atoms with Crippen molar-refractivity contribution in [2.45, 2.75) is 13.2 Å². The van der Waals surface area contributed by atoms with Crippen molar-refractivity contribution in [2.24, 2.45) is 0 Å². The number of aromatic nitrogens is 1. The van der Waals surface area contributed by atoms with Gasteiger partial charge >= 0.3 is 0 Å². The topological polar surface area (TPSA) is 34.2 Å². The quantitative estimate of drug-likeness (QED) is 0.582. The SMILES string of the molecule is CC1Nc2ncccc2O1. The summed E-state index contributed by atoms with van der Waals surface area (Å²) >= 11 is 0. The Hall–Kier alpha value is -1.25. The molecule has 3 nitrogen and oxygen atoms in total. The minimum absolute atomic E-state index is 0.0601. The number of ether oxygens (including phenoxy) is 1. The molecule has 10 heavy (non-hydrogen) atoms. The minimum atomic E-state index is 0.0601. The highest BCUT2D eigenvalue weighted by Gasteiger charge is 2.16. The summed E-state index contributed by atoms with van der Waals surface area (Å²) in [5.41, 5.74) is 0. The van der Waals surface area contributed by atoms with Crippen LogP contribution in [0.25, 0.3) is 0 Å². The van der Waals surface area contributed by atoms with Crippen LogP contribution in [0.15, 0.2) is 18.3 Å². The molecular weight excluding hydrogens is 128 g/mol. The molecule has 1 aromatic heterocycles. The molecule has 1 N–H and O–H groups in total. The largest absolute Gasteiger partial charge is 0.467 e. The van der Waals surface area contributed by atoms with Crippen molar-refractivity contribution < 1.29 is 4.74 Å². The second-order valence-electron chi connectivity index (χ2n) is 2.25. The molecule has 0 saturated heterocycles. The molecule has 0 aromatic carbocycles. The average molecular weight is 136 g/mol. The lowest BCUT2D eigenvalue weighted by Gasteiger charge is -2.00. The molecule has 1 aromatic rings. The lowest BCUT2D eigenvalue weighted by Crippen LogP contribution is -2.14. The van der Waals surface area contributed by atoms with Gasteiger partial charge in [-0.05, 0) is 19.1 Å². The van der Waals surface area contributed by atoms with Crippen molar-refractivity contribution in [3.63, 3.8) is 0 Å². The number of hydrogen-bond acceptors (Lipinski definition) is 3. The van der Waals surface area contributed by atoms with Crippen LogP contribution >= 0.6 is 0 Å². The Bertz CT molecular complexity index is 224. The molecule has 1 unspecified atom stereocenters. The standard InChI is InChI=1S/C7H8N2O/c1-5-9-7-6(10-5)3-2-4-8-7/h2-5H,1H3,(H,8,9). The summed E-state index contributed by atoms with van der Waals surface area (Å²) in [6.45, 7) is 1.95. The molecular formula is C7H8N2O. The second-order valence-corrected chi connectivity index (χ2v) is 2.25. The number of anilines is 1. The molecule has 0 saturated carbocycles. The molecule has 52 valence electrons. The Kier molecular flexibility index (Phi) is 1.03. The van der Waals surface area contributed by atoms with Gasteiger partial charge in [0.15, 0.2) is 17.8 Å². The average Bonchev–Trinajstić information content (AvgIpc) is 2.27. The molecule has 0 bridgehead atoms. The number of hydrogen-bond donors (Lipinski definition) is 1. The Balaban J connectivity index is 2.42. The smallest absolute Gasteiger partial charge is 0.171 e. The third-order valence-electron chi connectivity index (χ3n) is 1.41. The van der Waals surface area contributed by atoms with Gasteiger partial charge in [-0.2, -0.15) is 0 Å². The molecule has 0 amide bonds. The summed E-state index contributed by atoms with van der Waals surface area (Å²) in [5.74, 6) is 1.69. The van der Waals surface area contributed by atoms with Crippen LogP contribution in [0, 0.1) is 0 Å². The Morgan fingerprint density at radius 1 is 1.70 bits per heavy atom. The summed E-state index contributed by atoms with van der Waals surface area (Å²) < 4.78 is 5.33. The molecule has 0 aliphatic carbocycles. The van der Waals surface area contributed by atoms with E-state index in [4.69, 9.17) is 4.74 Å². The van der Waals surface area contributed by atoms with Gasteiger partial charge in [0.1, 0.15) is 0 Å². The van der Waals surface area contributed by atoms with Gasteiger partial charge in [-0.25, -0.2) is 4.98 Å². The van der Waals surface area contributed by atoms with E-state index in [1.807, 2.05) is 19.1 Å². The summed E-state index contributed by atoms with van der Waals surface area (Å²) in [6, 6.07) is 3.76. The van der Waals surface area contributed by atoms with Gasteiger partial charge in [0.25, 0.3) is 0 Å². The van der Waals surface area contributed by atoms with Crippen LogP contribution in [0.4, 0.5) is 5.82 Å². The maximum absolute atomic E-state index is 5.33. The zero-order valence-electron chi connectivity index (χ0n) is 5.66. The van der Waals surface area contributed by atoms with Crippen molar-refractivity contribution in [2.75, 3.05) is 5.32 Å². The van der Waals surface area contributed by atoms with E-state index in [1.54, 1.807) is 6.20 Å². The van der Waals surface area contributed by atoms with Crippen molar-refractivity contribution in [3.8, 4) is 5.75 Å². The molecule has 0 radical (unpaired) electrons. The van der Waals surface area contributed by atoms with E-state index in [-0.39, 0.29) is 6.23 Å². The summed E-state index contributed by atoms with van der Waals surface area (Å²) in [7, 11) is 0. The first-order valence-electron chi connectivity index (χ1n) is 3.24. The highest BCUT2D eigenvalue weighted by atomic mass is 16.5. The molecule has 3 heteroatoms. The first-order valence-corrected chi connectivity index (χ1v) is 3.24. The normalized spacial score (nSPS) is 21.1. The zero-order chi connectivity index (χ0) is 6.97. The molecule has 1 atom stereocenters. The number of fused-ring (bicyclic) bond motifs is 1. The summed E-state index contributed by atoms with van der Waals surface area (Å²) in [4.78, 5) is 4.07. The lowest BCUT2D eigenvalue weighted by molar-refractivity contribution is 0.275. The van der Waals surface area contributed by atoms with E-state index in [2.05, 4.69) is 10.3 Å². The Morgan fingerprint density at radius 3 is 3.40 bits per heavy atom. The highest BCUT2D eigenvalue weighted by molar-refractivity contribution is 5.53. The van der Waals surface area contributed by atoms with Gasteiger partial charge in [-0.1, -0.05) is 0 Å². The maximum Gasteiger partial charge on any atom is 0.171 e. The third kappa shape index (κ3) is 0.708. The predicted molar refractivity (Wildman–Crippen MR) is 37.9 cm³/mol. The fourth-order valence-electron chi connectivity index (χ4n) is 1.01. The molecule has 2 rings (SSSR count). The fraction of sp³-hybridized carbons (Fsp3) is 0.286. The first-order chi connectivity index (χ1) is 4.86. The molecule has 1 aliphatic rings. The van der Waals surface area contributed by atoms with E-state index in [0.29, 0.717) is 0 Å². The lowest BCUT2D eigenvalue weighted by atomic mass is 10.4. The first kappa shape index (κ1) is 5.53. The fourth-order valence-corrected chi connectivity index (χ4v) is 1.01. The second kappa shape index (κ2) is 1.87. The van der Waals surface area contributed by atoms with Crippen LogP contribution in [0.5, 0.6) is 5.75 Å². The maximum atomic E-state index is 5.33. The molecule has 0 fully saturated rings. The van der Waals surface area contributed by atoms with E-state index in [9.17, 15) is 0 Å². The third-order valence-corrected chi connectivity index (χ3v) is 1.41. The van der Waals surface area contributed by atoms with Crippen LogP contribution in [-0.2, 0) is 0 Å². The molecule has 0 spiro atoms. The van der Waals surface area contributed by atoms with Crippen molar-refractivity contribution >= 4 is 5.82 Å². The van der Waals surface area contributed by atoms with Crippen molar-refractivity contribution in [1.29, 1.82) is 0 Å². The summed E-state index contributed by atoms with van der Waals surface area (Å²) in [5, 5.41) is 3.06. The van der Waals surface area contributed by atoms with Crippen LogP contribution in [0.3, 0.4) is 0 Å². The van der Waals surface area contributed by atoms with E-state index < -0.39 is 0 Å². The zero-order valence-corrected chi connectivity index (χ0v) is 5.66. The van der Waals surface area contributed by atoms with Gasteiger partial charge < -0.3 is 10.1 Å². The predicted octanol–water partition coefficient (Wildman–Crippen LogP) is 1.23. The van der Waals surface area contributed by atoms with Gasteiger partial charge in [-0.3, -0.25) is 0 Å². The van der Waals surface area contributed by atoms with Gasteiger partial charge in [0.05, 0.1) is 0 Å². The monoisotopic (exact) mass is 136 g/mol. The summed E-state index contributed by atoms with van der Waals surface area (Å²) in [6.07, 6.45) is 1.80. The van der Waals surface area contributed by atoms with Crippen LogP contribution in [0.2, 0.25) is 0 Å². The van der Waals surface area contributed by atoms with E-state index in [1.165, 1.54) is 0 Å². The van der Waals surface area contributed by atoms with Crippen molar-refractivity contribution in [1.82, 2.24) is 4.98 Å². The Labute approximate surface area is 59.0 Å². The van der Waals surface area contributed by atoms with Crippen LogP contribution in [0.1, 0.15) is 6.92 Å². The van der Waals surface area contributed by atoms with Gasteiger partial charge in [0, 0.05) is 6.20 Å². The number of nitrogens with zero attached hydrogens (tertiary/aromatic N) is 1. The highest BCUT2D eigenvalue weighted by Crippen LogP contribution is 2.27. The Morgan fingerprint density at radius 2 is 2.60 bits per heavy atom. The number of nitrogens with one attached hydrogen (secondary N) is 1. The van der Waals surface area contributed by atoms with Gasteiger partial charge in [-0.15, -0.1) is 0 Å². The minimum Gasteiger partial charge on any atom is -0.467 e. The van der Waals surface area contributed by atoms with Crippen LogP contribution in [-0.4, -0.2) is 11.2 Å². The molecule has 1 aliphatic heterocycles. The van der Waals surface area contributed by atoms with E-state index in [0.717, 1.165) is 11.6 Å². The van der Waals surface area contributed by atoms with Gasteiger partial charge in [0.2, 0.25) is 0 Å². The van der Waals surface area contributed by atoms with Crippen LogP contribution < -0.4 is 10.1 Å². The number of rotatable bonds is 0. The van der Waals surface area contributed by atoms with Crippen molar-refractivity contribution in [3.05, 3.63) is 18.3 Å². The number of pyridine rings is 1. The van der Waals surface area contributed by atoms with E-state index >= 15 is 0 Å².